The number of alkyl halides is 7. The van der Waals surface area contributed by atoms with Crippen LogP contribution in [0, 0.1) is 47.3 Å². The zero-order valence-corrected chi connectivity index (χ0v) is 78.5. The summed E-state index contributed by atoms with van der Waals surface area (Å²) in [5, 5.41) is 38.9. The molecular weight excluding hydrogens is 1730 g/mol. The molecule has 7 atom stereocenters. The zero-order chi connectivity index (χ0) is 74.9. The van der Waals surface area contributed by atoms with Crippen LogP contribution in [-0.2, 0) is 10.4 Å². The molecular formula is C79H158AlBr3Cl9NaO9S. The Kier molecular flexibility index (Phi) is 112. The normalized spacial score (nSPS) is 26.0. The van der Waals surface area contributed by atoms with Gasteiger partial charge in [0.2, 0.25) is 0 Å². The van der Waals surface area contributed by atoms with Gasteiger partial charge in [-0.2, -0.15) is 8.42 Å². The van der Waals surface area contributed by atoms with Crippen molar-refractivity contribution in [1.29, 1.82) is 0 Å². The molecule has 9 aliphatic rings. The van der Waals surface area contributed by atoms with Crippen molar-refractivity contribution < 1.29 is 74.4 Å². The Morgan fingerprint density at radius 2 is 0.777 bits per heavy atom. The molecule has 5 saturated carbocycles. The molecule has 0 radical (unpaired) electrons. The Hall–Kier alpha value is 3.69. The Morgan fingerprint density at radius 1 is 0.485 bits per heavy atom. The van der Waals surface area contributed by atoms with Crippen LogP contribution in [0.4, 0.5) is 0 Å². The van der Waals surface area contributed by atoms with Gasteiger partial charge in [-0.05, 0) is 216 Å². The van der Waals surface area contributed by atoms with Crippen molar-refractivity contribution in [1.82, 2.24) is 0 Å². The maximum atomic E-state index is 9.60. The summed E-state index contributed by atoms with van der Waals surface area (Å²) in [7, 11) is 10.2. The van der Waals surface area contributed by atoms with Crippen LogP contribution < -0.4 is 29.6 Å². The third-order valence-corrected chi connectivity index (χ3v) is 20.6. The Labute approximate surface area is 733 Å². The number of hydrogen-bond acceptors (Lipinski definition) is 7. The van der Waals surface area contributed by atoms with E-state index in [1.807, 2.05) is 13.8 Å². The molecule has 9 rings (SSSR count). The van der Waals surface area contributed by atoms with Crippen LogP contribution in [0.15, 0.2) is 70.9 Å². The van der Waals surface area contributed by atoms with E-state index in [1.54, 1.807) is 11.1 Å². The molecule has 622 valence electrons. The van der Waals surface area contributed by atoms with Crippen LogP contribution in [-0.4, -0.2) is 117 Å². The van der Waals surface area contributed by atoms with Gasteiger partial charge in [-0.25, -0.2) is 30.1 Å². The maximum Gasteiger partial charge on any atom is 1.00 e. The molecule has 0 aliphatic heterocycles. The van der Waals surface area contributed by atoms with Crippen molar-refractivity contribution in [3.63, 3.8) is 0 Å². The van der Waals surface area contributed by atoms with E-state index in [2.05, 4.69) is 187 Å². The third-order valence-electron chi connectivity index (χ3n) is 17.6. The topological polar surface area (TPSA) is 186 Å². The first kappa shape index (κ1) is 133. The van der Waals surface area contributed by atoms with Crippen molar-refractivity contribution in [2.24, 2.45) is 47.3 Å². The first-order valence-electron chi connectivity index (χ1n) is 35.6. The molecule has 24 heteroatoms. The Balaban J connectivity index is -0.0000000789. The molecule has 0 aromatic carbocycles. The van der Waals surface area contributed by atoms with Crippen LogP contribution in [0.2, 0.25) is 0 Å². The van der Waals surface area contributed by atoms with Gasteiger partial charge in [0, 0.05) is 67.8 Å². The smallest absolute Gasteiger partial charge is 0.870 e. The van der Waals surface area contributed by atoms with Crippen molar-refractivity contribution >= 4 is 166 Å². The minimum Gasteiger partial charge on any atom is -0.870 e. The second-order valence-corrected chi connectivity index (χ2v) is 39.8. The second kappa shape index (κ2) is 86.5. The van der Waals surface area contributed by atoms with Crippen molar-refractivity contribution in [3.8, 4) is 0 Å². The molecule has 9 aliphatic carbocycles. The summed E-state index contributed by atoms with van der Waals surface area (Å²) in [5.74, 6) is 5.40. The molecule has 103 heavy (non-hydrogen) atoms. The maximum absolute atomic E-state index is 9.60. The number of aliphatic hydroxyl groups excluding tert-OH is 4. The number of hydrogen-bond donors (Lipinski definition) is 6. The fourth-order valence-electron chi connectivity index (χ4n) is 10.8. The van der Waals surface area contributed by atoms with Crippen molar-refractivity contribution in [2.75, 3.05) is 6.38 Å². The van der Waals surface area contributed by atoms with Gasteiger partial charge in [-0.3, -0.25) is 9.11 Å². The summed E-state index contributed by atoms with van der Waals surface area (Å²) in [6, 6.07) is 0. The average Bonchev–Trinajstić information content (AvgIpc) is 0.892. The number of allylic oxidation sites excluding steroid dienone is 11. The van der Waals surface area contributed by atoms with Crippen molar-refractivity contribution in [2.45, 2.75) is 376 Å². The van der Waals surface area contributed by atoms with Gasteiger partial charge in [0.1, 0.15) is 0 Å². The van der Waals surface area contributed by atoms with E-state index in [4.69, 9.17) is 116 Å². The van der Waals surface area contributed by atoms with Gasteiger partial charge in [-0.15, -0.1) is 69.6 Å². The van der Waals surface area contributed by atoms with Gasteiger partial charge in [0.25, 0.3) is 0 Å². The quantitative estimate of drug-likeness (QED) is 0.0690. The van der Waals surface area contributed by atoms with Crippen LogP contribution in [0.1, 0.15) is 322 Å². The summed E-state index contributed by atoms with van der Waals surface area (Å²) < 4.78 is 31.6. The monoisotopic (exact) mass is 1880 g/mol. The van der Waals surface area contributed by atoms with E-state index >= 15 is 0 Å². The molecule has 7 N–H and O–H groups in total. The van der Waals surface area contributed by atoms with E-state index in [-0.39, 0.29) is 98.0 Å². The van der Waals surface area contributed by atoms with Crippen LogP contribution in [0.25, 0.3) is 0 Å². The van der Waals surface area contributed by atoms with E-state index < -0.39 is 21.8 Å². The summed E-state index contributed by atoms with van der Waals surface area (Å²) >= 11 is 40.7. The number of rotatable bonds is 4. The van der Waals surface area contributed by atoms with Gasteiger partial charge in [0.05, 0.1) is 24.4 Å². The van der Waals surface area contributed by atoms with Gasteiger partial charge >= 0.3 is 51.3 Å². The predicted octanol–water partition coefficient (Wildman–Crippen LogP) is 27.4. The molecule has 0 amide bonds. The van der Waals surface area contributed by atoms with Gasteiger partial charge in [0.15, 0.2) is 0 Å². The molecule has 0 aromatic rings. The Bertz CT molecular complexity index is 1920. The summed E-state index contributed by atoms with van der Waals surface area (Å²) in [6.45, 7) is 30.6. The van der Waals surface area contributed by atoms with E-state index in [0.717, 1.165) is 139 Å². The van der Waals surface area contributed by atoms with E-state index in [9.17, 15) is 10.2 Å². The summed E-state index contributed by atoms with van der Waals surface area (Å²) in [6.07, 6.45) is 52.8. The standard InChI is InChI=1S/C10H17Br.C10H20O.C10H18O.C10H16.2C6H10Cl2.C6H12O2.C6H12.C6H8.C3H7Cl.CH3Cl.5CH4.Al.Br2.3ClH.Na.H2O4S.H2O.H2/c3*1-7(2)9-5-4-8(3)10(11)6-9;1-8(2)10-6-4-9(3)5-7-10;3*7-5-1-2-6(8)4-3-5;2*1-2-4-6-5-3-1;1-3(2)4;1-2;;;;;;;1-2;;;;;1-5(2,3)4;;/h5,7-8,10H,4,6H2,1-3H3;7-11H,4-6H2,1-3H3;5,7-8,10-11H,4,6H2,1-3H3;4,7-8H,5-6H2,1-3H3;2*5-6H,1-4H2;5-8H,1-4H2;1-6H2;1-2,5-6H,3-4H2;3H,1-2H3;1H3;5*1H4;;;3*1H;;(H2,1,2,3,4);1H2;1H/q;;;;;;;;;;;;;;;;+3;;;;;+1;;;/p-4. The summed E-state index contributed by atoms with van der Waals surface area (Å²) in [4.78, 5) is 0.713. The molecule has 0 saturated heterocycles. The molecule has 0 heterocycles. The summed E-state index contributed by atoms with van der Waals surface area (Å²) in [5.41, 5.74) is 6.18. The van der Waals surface area contributed by atoms with Crippen molar-refractivity contribution in [3.05, 3.63) is 70.9 Å². The van der Waals surface area contributed by atoms with E-state index in [1.165, 1.54) is 94.6 Å². The predicted molar refractivity (Wildman–Crippen MR) is 482 cm³/mol. The molecule has 7 unspecified atom stereocenters. The molecule has 0 spiro atoms. The van der Waals surface area contributed by atoms with Gasteiger partial charge < -0.3 is 25.9 Å². The number of aliphatic hydroxyl groups is 4. The molecule has 9 nitrogen and oxygen atoms in total. The first-order chi connectivity index (χ1) is 44.9. The largest absolute Gasteiger partial charge is 1.00 e. The fraction of sp³-hybridized carbons (Fsp3) is 0.848. The van der Waals surface area contributed by atoms with Gasteiger partial charge in [-0.1, -0.05) is 239 Å². The SMILES string of the molecule is BrBr.C.C.C.C.C.C1=CCC=CC1.C1CCCCC1.CC(C)C1=CCC(C)C(Br)C1.CC(C)C1=CCC(C)C(O)C1.CC(C)C1CCC(C)C(O)C1.CC(C)Cl.CC1=CCC(C(C)C)=CC1.CCl.ClC1CCC(Cl)CC1.ClC1CCC(Cl)CC1.O=S(=O)(O)O.OC1CCC(O)CC1.[Cl][Al]([Cl])[Cl].[HH].[Na+].[OH-]. The zero-order valence-electron chi connectivity index (χ0n) is 63.0. The fourth-order valence-corrected chi connectivity index (χ4v) is 12.4. The third kappa shape index (κ3) is 92.7. The van der Waals surface area contributed by atoms with Crippen LogP contribution in [0.5, 0.6) is 0 Å². The Morgan fingerprint density at radius 3 is 1.01 bits per heavy atom. The minimum atomic E-state index is -4.67. The molecule has 0 bridgehead atoms. The first-order valence-corrected chi connectivity index (χ1v) is 49.8. The minimum absolute atomic E-state index is 0. The van der Waals surface area contributed by atoms with Crippen LogP contribution in [0.3, 0.4) is 0 Å². The number of halogens is 12. The second-order valence-electron chi connectivity index (χ2n) is 27.9. The van der Waals surface area contributed by atoms with E-state index in [0.29, 0.717) is 49.5 Å². The van der Waals surface area contributed by atoms with Crippen LogP contribution >= 0.6 is 144 Å². The average molecular weight is 1890 g/mol. The molecule has 0 aromatic heterocycles. The molecule has 5 fully saturated rings.